The van der Waals surface area contributed by atoms with Crippen molar-refractivity contribution in [3.63, 3.8) is 0 Å². The molecular weight excluding hydrogens is 300 g/mol. The second-order valence-corrected chi connectivity index (χ2v) is 6.33. The predicted molar refractivity (Wildman–Crippen MR) is 84.3 cm³/mol. The fourth-order valence-electron chi connectivity index (χ4n) is 2.59. The third kappa shape index (κ3) is 3.57. The first kappa shape index (κ1) is 14.8. The summed E-state index contributed by atoms with van der Waals surface area (Å²) < 4.78 is 5.66. The largest absolute Gasteiger partial charge is 0.458 e. The Hall–Kier alpha value is -2.08. The third-order valence-corrected chi connectivity index (χ3v) is 4.63. The van der Waals surface area contributed by atoms with Crippen LogP contribution in [0.25, 0.3) is 10.6 Å². The Balaban J connectivity index is 1.49. The first-order chi connectivity index (χ1) is 10.7. The summed E-state index contributed by atoms with van der Waals surface area (Å²) >= 11 is 1.59. The van der Waals surface area contributed by atoms with Crippen LogP contribution in [0.15, 0.2) is 34.1 Å². The number of thiophene rings is 1. The summed E-state index contributed by atoms with van der Waals surface area (Å²) in [4.78, 5) is 24.6. The standard InChI is InChI=1S/C16H18N2O3S/c19-15(16(20)18-11-4-1-2-5-11)17-10-12-7-8-13(21-12)14-6-3-9-22-14/h3,6-9,11H,1-2,4-5,10H2,(H,17,19)(H,18,20). The minimum Gasteiger partial charge on any atom is -0.458 e. The Kier molecular flexibility index (Phi) is 4.58. The van der Waals surface area contributed by atoms with Gasteiger partial charge in [0.2, 0.25) is 0 Å². The van der Waals surface area contributed by atoms with Crippen LogP contribution in [0.1, 0.15) is 31.4 Å². The van der Waals surface area contributed by atoms with E-state index < -0.39 is 11.8 Å². The monoisotopic (exact) mass is 318 g/mol. The fraction of sp³-hybridized carbons (Fsp3) is 0.375. The van der Waals surface area contributed by atoms with Gasteiger partial charge in [0.25, 0.3) is 0 Å². The zero-order valence-electron chi connectivity index (χ0n) is 12.1. The van der Waals surface area contributed by atoms with Crippen LogP contribution in [-0.2, 0) is 16.1 Å². The summed E-state index contributed by atoms with van der Waals surface area (Å²) in [5, 5.41) is 7.33. The molecule has 0 saturated heterocycles. The summed E-state index contributed by atoms with van der Waals surface area (Å²) in [5.74, 6) is 0.234. The molecule has 2 N–H and O–H groups in total. The van der Waals surface area contributed by atoms with Crippen molar-refractivity contribution in [2.75, 3.05) is 0 Å². The van der Waals surface area contributed by atoms with E-state index in [2.05, 4.69) is 10.6 Å². The van der Waals surface area contributed by atoms with Gasteiger partial charge in [0.15, 0.2) is 0 Å². The van der Waals surface area contributed by atoms with Gasteiger partial charge in [-0.3, -0.25) is 9.59 Å². The van der Waals surface area contributed by atoms with Crippen molar-refractivity contribution in [1.82, 2.24) is 10.6 Å². The number of carbonyl (C=O) groups is 2. The van der Waals surface area contributed by atoms with Crippen molar-refractivity contribution < 1.29 is 14.0 Å². The van der Waals surface area contributed by atoms with E-state index in [1.165, 1.54) is 0 Å². The lowest BCUT2D eigenvalue weighted by Gasteiger charge is -2.11. The Morgan fingerprint density at radius 1 is 1.18 bits per heavy atom. The van der Waals surface area contributed by atoms with Gasteiger partial charge >= 0.3 is 11.8 Å². The van der Waals surface area contributed by atoms with Crippen molar-refractivity contribution in [3.8, 4) is 10.6 Å². The summed E-state index contributed by atoms with van der Waals surface area (Å²) in [7, 11) is 0. The van der Waals surface area contributed by atoms with Gasteiger partial charge in [-0.25, -0.2) is 0 Å². The minimum atomic E-state index is -0.610. The van der Waals surface area contributed by atoms with E-state index in [-0.39, 0.29) is 12.6 Å². The van der Waals surface area contributed by atoms with E-state index in [0.717, 1.165) is 36.3 Å². The number of furan rings is 1. The number of amides is 2. The molecule has 2 aromatic rings. The highest BCUT2D eigenvalue weighted by molar-refractivity contribution is 7.13. The smallest absolute Gasteiger partial charge is 0.309 e. The molecule has 2 aromatic heterocycles. The van der Waals surface area contributed by atoms with Gasteiger partial charge in [0.05, 0.1) is 11.4 Å². The second-order valence-electron chi connectivity index (χ2n) is 5.38. The molecule has 6 heteroatoms. The molecule has 2 heterocycles. The highest BCUT2D eigenvalue weighted by Gasteiger charge is 2.21. The van der Waals surface area contributed by atoms with Crippen LogP contribution in [0.3, 0.4) is 0 Å². The van der Waals surface area contributed by atoms with Gasteiger partial charge in [-0.1, -0.05) is 18.9 Å². The summed E-state index contributed by atoms with van der Waals surface area (Å²) in [6.07, 6.45) is 4.15. The third-order valence-electron chi connectivity index (χ3n) is 3.75. The number of nitrogens with one attached hydrogen (secondary N) is 2. The van der Waals surface area contributed by atoms with E-state index in [4.69, 9.17) is 4.42 Å². The number of carbonyl (C=O) groups excluding carboxylic acids is 2. The maximum atomic E-state index is 11.8. The lowest BCUT2D eigenvalue weighted by molar-refractivity contribution is -0.139. The number of rotatable bonds is 4. The van der Waals surface area contributed by atoms with Crippen LogP contribution in [0.5, 0.6) is 0 Å². The Bertz CT molecular complexity index is 642. The summed E-state index contributed by atoms with van der Waals surface area (Å²) in [6.45, 7) is 0.211. The minimum absolute atomic E-state index is 0.146. The second kappa shape index (κ2) is 6.79. The molecule has 0 unspecified atom stereocenters. The van der Waals surface area contributed by atoms with Gasteiger partial charge in [0.1, 0.15) is 11.5 Å². The number of hydrogen-bond acceptors (Lipinski definition) is 4. The molecule has 1 aliphatic rings. The van der Waals surface area contributed by atoms with Crippen molar-refractivity contribution in [1.29, 1.82) is 0 Å². The Labute approximate surface area is 132 Å². The quantitative estimate of drug-likeness (QED) is 0.851. The van der Waals surface area contributed by atoms with Gasteiger partial charge in [-0.05, 0) is 36.4 Å². The van der Waals surface area contributed by atoms with Gasteiger partial charge in [-0.15, -0.1) is 11.3 Å². The molecule has 2 amide bonds. The van der Waals surface area contributed by atoms with Gasteiger partial charge in [0, 0.05) is 6.04 Å². The van der Waals surface area contributed by atoms with Crippen LogP contribution >= 0.6 is 11.3 Å². The molecule has 1 saturated carbocycles. The normalized spacial score (nSPS) is 14.9. The topological polar surface area (TPSA) is 71.3 Å². The van der Waals surface area contributed by atoms with E-state index in [1.807, 2.05) is 29.6 Å². The molecule has 0 radical (unpaired) electrons. The zero-order chi connectivity index (χ0) is 15.4. The van der Waals surface area contributed by atoms with Gasteiger partial charge in [-0.2, -0.15) is 0 Å². The van der Waals surface area contributed by atoms with Crippen LogP contribution in [0.2, 0.25) is 0 Å². The van der Waals surface area contributed by atoms with Crippen molar-refractivity contribution in [2.45, 2.75) is 38.3 Å². The van der Waals surface area contributed by atoms with Crippen molar-refractivity contribution in [2.24, 2.45) is 0 Å². The van der Waals surface area contributed by atoms with Gasteiger partial charge < -0.3 is 15.1 Å². The average molecular weight is 318 g/mol. The fourth-order valence-corrected chi connectivity index (χ4v) is 3.28. The SMILES string of the molecule is O=C(NCc1ccc(-c2cccs2)o1)C(=O)NC1CCCC1. The van der Waals surface area contributed by atoms with Crippen LogP contribution in [0, 0.1) is 0 Å². The first-order valence-corrected chi connectivity index (χ1v) is 8.31. The molecule has 0 spiro atoms. The first-order valence-electron chi connectivity index (χ1n) is 7.43. The summed E-state index contributed by atoms with van der Waals surface area (Å²) in [5.41, 5.74) is 0. The van der Waals surface area contributed by atoms with Crippen LogP contribution in [-0.4, -0.2) is 17.9 Å². The van der Waals surface area contributed by atoms with Crippen molar-refractivity contribution >= 4 is 23.2 Å². The van der Waals surface area contributed by atoms with Crippen LogP contribution in [0.4, 0.5) is 0 Å². The average Bonchev–Trinajstić information content (AvgIpc) is 3.25. The molecule has 0 aliphatic heterocycles. The maximum absolute atomic E-state index is 11.8. The number of hydrogen-bond donors (Lipinski definition) is 2. The molecule has 5 nitrogen and oxygen atoms in total. The molecule has 3 rings (SSSR count). The maximum Gasteiger partial charge on any atom is 0.309 e. The van der Waals surface area contributed by atoms with E-state index in [9.17, 15) is 9.59 Å². The Morgan fingerprint density at radius 2 is 2.00 bits per heavy atom. The lowest BCUT2D eigenvalue weighted by atomic mass is 10.2. The highest BCUT2D eigenvalue weighted by Crippen LogP contribution is 2.26. The predicted octanol–water partition coefficient (Wildman–Crippen LogP) is 2.68. The highest BCUT2D eigenvalue weighted by atomic mass is 32.1. The molecule has 22 heavy (non-hydrogen) atoms. The molecule has 1 fully saturated rings. The van der Waals surface area contributed by atoms with E-state index in [0.29, 0.717) is 5.76 Å². The zero-order valence-corrected chi connectivity index (χ0v) is 12.9. The summed E-state index contributed by atoms with van der Waals surface area (Å²) in [6, 6.07) is 7.75. The molecule has 0 atom stereocenters. The van der Waals surface area contributed by atoms with E-state index >= 15 is 0 Å². The molecule has 0 aromatic carbocycles. The molecule has 116 valence electrons. The Morgan fingerprint density at radius 3 is 2.73 bits per heavy atom. The molecular formula is C16H18N2O3S. The van der Waals surface area contributed by atoms with E-state index in [1.54, 1.807) is 11.3 Å². The molecule has 0 bridgehead atoms. The van der Waals surface area contributed by atoms with Crippen LogP contribution < -0.4 is 10.6 Å². The molecule has 1 aliphatic carbocycles. The van der Waals surface area contributed by atoms with Crippen molar-refractivity contribution in [3.05, 3.63) is 35.4 Å². The lowest BCUT2D eigenvalue weighted by Crippen LogP contribution is -2.43.